The van der Waals surface area contributed by atoms with Crippen LogP contribution >= 0.6 is 0 Å². The number of carbonyl (C=O) groups excluding carboxylic acids is 1. The van der Waals surface area contributed by atoms with Crippen molar-refractivity contribution in [1.29, 1.82) is 0 Å². The minimum Gasteiger partial charge on any atom is -0.481 e. The summed E-state index contributed by atoms with van der Waals surface area (Å²) in [6.07, 6.45) is 1.17. The van der Waals surface area contributed by atoms with Crippen LogP contribution < -0.4 is 0 Å². The van der Waals surface area contributed by atoms with E-state index in [0.29, 0.717) is 12.8 Å². The predicted octanol–water partition coefficient (Wildman–Crippen LogP) is 1.50. The van der Waals surface area contributed by atoms with E-state index in [1.165, 1.54) is 11.4 Å². The van der Waals surface area contributed by atoms with Gasteiger partial charge in [0.05, 0.1) is 13.0 Å². The highest BCUT2D eigenvalue weighted by molar-refractivity contribution is 7.89. The third-order valence-electron chi connectivity index (χ3n) is 4.31. The number of ether oxygens (including phenoxy) is 1. The Morgan fingerprint density at radius 2 is 2.12 bits per heavy atom. The molecule has 8 nitrogen and oxygen atoms in total. The third-order valence-corrected chi connectivity index (χ3v) is 6.35. The molecular formula is C15H21NO7S. The highest BCUT2D eigenvalue weighted by Gasteiger charge is 2.41. The molecular weight excluding hydrogens is 338 g/mol. The molecule has 1 aromatic heterocycles. The van der Waals surface area contributed by atoms with E-state index in [-0.39, 0.29) is 29.4 Å². The van der Waals surface area contributed by atoms with Gasteiger partial charge < -0.3 is 14.3 Å². The number of carbonyl (C=O) groups is 2. The van der Waals surface area contributed by atoms with Gasteiger partial charge in [0.1, 0.15) is 10.7 Å². The summed E-state index contributed by atoms with van der Waals surface area (Å²) in [4.78, 5) is 22.8. The van der Waals surface area contributed by atoms with Crippen LogP contribution in [0.2, 0.25) is 0 Å². The molecule has 2 atom stereocenters. The number of methoxy groups -OCH3 is 1. The highest BCUT2D eigenvalue weighted by atomic mass is 32.2. The molecule has 0 amide bonds. The van der Waals surface area contributed by atoms with Crippen molar-refractivity contribution in [3.63, 3.8) is 0 Å². The number of aryl methyl sites for hydroxylation is 1. The van der Waals surface area contributed by atoms with Crippen molar-refractivity contribution in [3.05, 3.63) is 17.6 Å². The Labute approximate surface area is 140 Å². The van der Waals surface area contributed by atoms with E-state index in [9.17, 15) is 23.1 Å². The van der Waals surface area contributed by atoms with Gasteiger partial charge >= 0.3 is 11.9 Å². The van der Waals surface area contributed by atoms with Crippen LogP contribution in [0.15, 0.2) is 15.4 Å². The summed E-state index contributed by atoms with van der Waals surface area (Å²) in [5.74, 6) is -2.57. The van der Waals surface area contributed by atoms with Gasteiger partial charge in [0.2, 0.25) is 15.8 Å². The number of rotatable bonds is 5. The maximum absolute atomic E-state index is 13.0. The second-order valence-corrected chi connectivity index (χ2v) is 7.55. The molecule has 134 valence electrons. The van der Waals surface area contributed by atoms with Gasteiger partial charge in [-0.25, -0.2) is 13.2 Å². The molecule has 1 aliphatic rings. The lowest BCUT2D eigenvalue weighted by molar-refractivity contribution is -0.144. The lowest BCUT2D eigenvalue weighted by Gasteiger charge is -2.36. The number of piperidine rings is 1. The molecule has 2 heterocycles. The highest BCUT2D eigenvalue weighted by Crippen LogP contribution is 2.32. The van der Waals surface area contributed by atoms with Gasteiger partial charge in [0.15, 0.2) is 0 Å². The van der Waals surface area contributed by atoms with Crippen LogP contribution in [0, 0.1) is 5.92 Å². The Morgan fingerprint density at radius 1 is 1.46 bits per heavy atom. The number of nitrogens with zero attached hydrogens (tertiary/aromatic N) is 1. The smallest absolute Gasteiger partial charge is 0.373 e. The predicted molar refractivity (Wildman–Crippen MR) is 83.1 cm³/mol. The number of carboxylic acids is 1. The van der Waals surface area contributed by atoms with Crippen molar-refractivity contribution in [1.82, 2.24) is 4.31 Å². The van der Waals surface area contributed by atoms with Crippen molar-refractivity contribution in [2.75, 3.05) is 13.7 Å². The normalized spacial score (nSPS) is 22.3. The van der Waals surface area contributed by atoms with Gasteiger partial charge in [0.25, 0.3) is 0 Å². The summed E-state index contributed by atoms with van der Waals surface area (Å²) in [5, 5.41) is 9.27. The second-order valence-electron chi connectivity index (χ2n) is 5.69. The van der Waals surface area contributed by atoms with Gasteiger partial charge in [-0.1, -0.05) is 6.92 Å². The van der Waals surface area contributed by atoms with Crippen LogP contribution in [-0.4, -0.2) is 49.5 Å². The SMILES string of the molecule is CCc1oc(C(=O)OC)cc1S(=O)(=O)N1CCC[C@H](C(=O)O)[C@@H]1C. The molecule has 0 saturated carbocycles. The molecule has 2 rings (SSSR count). The van der Waals surface area contributed by atoms with Crippen molar-refractivity contribution >= 4 is 22.0 Å². The maximum Gasteiger partial charge on any atom is 0.373 e. The quantitative estimate of drug-likeness (QED) is 0.792. The Hall–Kier alpha value is -1.87. The lowest BCUT2D eigenvalue weighted by Crippen LogP contribution is -2.49. The number of furan rings is 1. The zero-order valence-electron chi connectivity index (χ0n) is 13.8. The molecule has 1 fully saturated rings. The number of hydrogen-bond acceptors (Lipinski definition) is 6. The van der Waals surface area contributed by atoms with Crippen molar-refractivity contribution in [2.24, 2.45) is 5.92 Å². The molecule has 0 spiro atoms. The summed E-state index contributed by atoms with van der Waals surface area (Å²) in [5.41, 5.74) is 0. The fraction of sp³-hybridized carbons (Fsp3) is 0.600. The molecule has 1 aliphatic heterocycles. The van der Waals surface area contributed by atoms with E-state index in [1.807, 2.05) is 0 Å². The Bertz CT molecular complexity index is 737. The molecule has 1 saturated heterocycles. The minimum absolute atomic E-state index is 0.108. The van der Waals surface area contributed by atoms with E-state index >= 15 is 0 Å². The number of hydrogen-bond donors (Lipinski definition) is 1. The largest absolute Gasteiger partial charge is 0.481 e. The van der Waals surface area contributed by atoms with Gasteiger partial charge in [-0.15, -0.1) is 0 Å². The lowest BCUT2D eigenvalue weighted by atomic mass is 9.92. The third kappa shape index (κ3) is 3.18. The van der Waals surface area contributed by atoms with Crippen LogP contribution in [0.5, 0.6) is 0 Å². The zero-order chi connectivity index (χ0) is 18.1. The molecule has 9 heteroatoms. The number of sulfonamides is 1. The summed E-state index contributed by atoms with van der Waals surface area (Å²) in [6, 6.07) is 0.472. The van der Waals surface area contributed by atoms with Crippen LogP contribution in [0.3, 0.4) is 0 Å². The van der Waals surface area contributed by atoms with Crippen molar-refractivity contribution < 1.29 is 32.3 Å². The monoisotopic (exact) mass is 359 g/mol. The first-order valence-electron chi connectivity index (χ1n) is 7.69. The summed E-state index contributed by atoms with van der Waals surface area (Å²) < 4.78 is 37.0. The van der Waals surface area contributed by atoms with Gasteiger partial charge in [-0.05, 0) is 19.8 Å². The number of esters is 1. The Morgan fingerprint density at radius 3 is 2.67 bits per heavy atom. The molecule has 0 radical (unpaired) electrons. The average molecular weight is 359 g/mol. The van der Waals surface area contributed by atoms with E-state index in [2.05, 4.69) is 4.74 Å². The number of aliphatic carboxylic acids is 1. The zero-order valence-corrected chi connectivity index (χ0v) is 14.6. The standard InChI is InChI=1S/C15H21NO7S/c1-4-11-13(8-12(23-11)15(19)22-3)24(20,21)16-7-5-6-10(9(16)2)14(17)18/h8-10H,4-7H2,1-3H3,(H,17,18)/t9-,10-/m0/s1. The first-order chi connectivity index (χ1) is 11.2. The molecule has 0 unspecified atom stereocenters. The topological polar surface area (TPSA) is 114 Å². The Balaban J connectivity index is 2.44. The molecule has 1 aromatic rings. The first kappa shape index (κ1) is 18.5. The van der Waals surface area contributed by atoms with Crippen molar-refractivity contribution in [2.45, 2.75) is 44.0 Å². The van der Waals surface area contributed by atoms with Crippen LogP contribution in [0.1, 0.15) is 43.0 Å². The molecule has 1 N–H and O–H groups in total. The molecule has 0 aliphatic carbocycles. The second kappa shape index (κ2) is 6.94. The minimum atomic E-state index is -3.97. The summed E-state index contributed by atoms with van der Waals surface area (Å²) in [7, 11) is -2.80. The summed E-state index contributed by atoms with van der Waals surface area (Å²) >= 11 is 0. The van der Waals surface area contributed by atoms with E-state index in [4.69, 9.17) is 4.42 Å². The molecule has 0 bridgehead atoms. The fourth-order valence-corrected chi connectivity index (χ4v) is 4.92. The molecule has 24 heavy (non-hydrogen) atoms. The van der Waals surface area contributed by atoms with E-state index in [0.717, 1.165) is 6.07 Å². The number of carboxylic acid groups (broad SMARTS) is 1. The van der Waals surface area contributed by atoms with Gasteiger partial charge in [0, 0.05) is 25.1 Å². The maximum atomic E-state index is 13.0. The van der Waals surface area contributed by atoms with Crippen molar-refractivity contribution in [3.8, 4) is 0 Å². The van der Waals surface area contributed by atoms with Crippen LogP contribution in [0.25, 0.3) is 0 Å². The summed E-state index contributed by atoms with van der Waals surface area (Å²) in [6.45, 7) is 3.52. The van der Waals surface area contributed by atoms with Crippen LogP contribution in [-0.2, 0) is 26.0 Å². The van der Waals surface area contributed by atoms with E-state index in [1.54, 1.807) is 13.8 Å². The van der Waals surface area contributed by atoms with Gasteiger partial charge in [-0.3, -0.25) is 4.79 Å². The average Bonchev–Trinajstić information content (AvgIpc) is 2.99. The fourth-order valence-electron chi connectivity index (χ4n) is 2.99. The Kier molecular flexibility index (Phi) is 5.34. The van der Waals surface area contributed by atoms with E-state index < -0.39 is 33.9 Å². The van der Waals surface area contributed by atoms with Crippen LogP contribution in [0.4, 0.5) is 0 Å². The molecule has 0 aromatic carbocycles. The first-order valence-corrected chi connectivity index (χ1v) is 9.13. The van der Waals surface area contributed by atoms with Gasteiger partial charge in [-0.2, -0.15) is 4.31 Å².